The topological polar surface area (TPSA) is 96.5 Å². The van der Waals surface area contributed by atoms with E-state index < -0.39 is 23.0 Å². The first kappa shape index (κ1) is 22.8. The van der Waals surface area contributed by atoms with Gasteiger partial charge in [0, 0.05) is 18.8 Å². The van der Waals surface area contributed by atoms with Gasteiger partial charge >= 0.3 is 5.69 Å². The lowest BCUT2D eigenvalue weighted by Crippen LogP contribution is -2.41. The van der Waals surface area contributed by atoms with Crippen molar-refractivity contribution in [1.29, 1.82) is 0 Å². The zero-order valence-electron chi connectivity index (χ0n) is 19.1. The van der Waals surface area contributed by atoms with E-state index in [9.17, 15) is 18.8 Å². The van der Waals surface area contributed by atoms with Crippen LogP contribution in [0, 0.1) is 12.7 Å². The molecule has 0 bridgehead atoms. The molecule has 0 aliphatic heterocycles. The van der Waals surface area contributed by atoms with Crippen LogP contribution in [0.5, 0.6) is 11.5 Å². The van der Waals surface area contributed by atoms with Crippen LogP contribution in [0.2, 0.25) is 0 Å². The van der Waals surface area contributed by atoms with E-state index in [2.05, 4.69) is 5.32 Å². The van der Waals surface area contributed by atoms with Crippen molar-refractivity contribution in [3.63, 3.8) is 0 Å². The quantitative estimate of drug-likeness (QED) is 0.471. The Kier molecular flexibility index (Phi) is 5.97. The molecule has 4 aromatic rings. The van der Waals surface area contributed by atoms with Gasteiger partial charge in [0.2, 0.25) is 5.91 Å². The van der Waals surface area contributed by atoms with Gasteiger partial charge in [-0.25, -0.2) is 13.8 Å². The molecule has 4 rings (SSSR count). The second-order valence-electron chi connectivity index (χ2n) is 7.68. The summed E-state index contributed by atoms with van der Waals surface area (Å²) in [7, 11) is 4.68. The van der Waals surface area contributed by atoms with E-state index in [0.717, 1.165) is 22.4 Å². The lowest BCUT2D eigenvalue weighted by atomic mass is 10.2. The molecule has 0 radical (unpaired) electrons. The van der Waals surface area contributed by atoms with E-state index in [1.165, 1.54) is 30.9 Å². The van der Waals surface area contributed by atoms with Crippen LogP contribution in [0.4, 0.5) is 10.1 Å². The summed E-state index contributed by atoms with van der Waals surface area (Å²) in [5.41, 5.74) is 0.620. The molecule has 2 aromatic heterocycles. The first-order valence-electron chi connectivity index (χ1n) is 10.3. The van der Waals surface area contributed by atoms with Gasteiger partial charge in [0.05, 0.1) is 31.1 Å². The van der Waals surface area contributed by atoms with Crippen molar-refractivity contribution in [2.75, 3.05) is 19.5 Å². The maximum Gasteiger partial charge on any atom is 0.336 e. The number of nitrogens with zero attached hydrogens (tertiary/aromatic N) is 3. The van der Waals surface area contributed by atoms with E-state index in [-0.39, 0.29) is 17.7 Å². The number of rotatable bonds is 6. The average Bonchev–Trinajstić information content (AvgIpc) is 3.12. The zero-order valence-corrected chi connectivity index (χ0v) is 19.1. The monoisotopic (exact) mass is 466 g/mol. The SMILES string of the molecule is COc1ccc(NC(=O)Cn2c(=O)n(-c3ccc(F)cc3)c(=O)c3c2cc(C)n3C)c(OC)c1. The molecule has 9 nitrogen and oxygen atoms in total. The molecule has 1 N–H and O–H groups in total. The molecule has 0 saturated carbocycles. The third-order valence-corrected chi connectivity index (χ3v) is 5.64. The molecule has 176 valence electrons. The number of benzene rings is 2. The Morgan fingerprint density at radius 3 is 2.38 bits per heavy atom. The van der Waals surface area contributed by atoms with Gasteiger partial charge in [-0.2, -0.15) is 0 Å². The van der Waals surface area contributed by atoms with Gasteiger partial charge in [-0.05, 0) is 49.4 Å². The summed E-state index contributed by atoms with van der Waals surface area (Å²) in [4.78, 5) is 39.6. The van der Waals surface area contributed by atoms with Crippen LogP contribution in [0.25, 0.3) is 16.7 Å². The van der Waals surface area contributed by atoms with Crippen LogP contribution in [0.3, 0.4) is 0 Å². The van der Waals surface area contributed by atoms with Crippen LogP contribution >= 0.6 is 0 Å². The summed E-state index contributed by atoms with van der Waals surface area (Å²) in [6.07, 6.45) is 0. The molecule has 0 unspecified atom stereocenters. The van der Waals surface area contributed by atoms with Gasteiger partial charge in [-0.1, -0.05) is 0 Å². The molecular weight excluding hydrogens is 443 g/mol. The van der Waals surface area contributed by atoms with E-state index in [1.807, 2.05) is 0 Å². The Morgan fingerprint density at radius 2 is 1.74 bits per heavy atom. The van der Waals surface area contributed by atoms with Crippen molar-refractivity contribution < 1.29 is 18.7 Å². The summed E-state index contributed by atoms with van der Waals surface area (Å²) >= 11 is 0. The van der Waals surface area contributed by atoms with E-state index in [4.69, 9.17) is 9.47 Å². The Balaban J connectivity index is 1.82. The highest BCUT2D eigenvalue weighted by molar-refractivity contribution is 5.93. The third-order valence-electron chi connectivity index (χ3n) is 5.64. The van der Waals surface area contributed by atoms with Crippen LogP contribution in [0.15, 0.2) is 58.1 Å². The van der Waals surface area contributed by atoms with Crippen molar-refractivity contribution in [2.24, 2.45) is 7.05 Å². The molecule has 0 aliphatic carbocycles. The number of hydrogen-bond acceptors (Lipinski definition) is 5. The molecule has 10 heteroatoms. The maximum absolute atomic E-state index is 13.4. The molecule has 0 spiro atoms. The molecule has 2 heterocycles. The zero-order chi connectivity index (χ0) is 24.6. The highest BCUT2D eigenvalue weighted by atomic mass is 19.1. The number of methoxy groups -OCH3 is 2. The number of carbonyl (C=O) groups is 1. The second-order valence-corrected chi connectivity index (χ2v) is 7.68. The van der Waals surface area contributed by atoms with Crippen LogP contribution in [0.1, 0.15) is 5.69 Å². The summed E-state index contributed by atoms with van der Waals surface area (Å²) < 4.78 is 27.7. The number of aryl methyl sites for hydroxylation is 2. The van der Waals surface area contributed by atoms with Crippen LogP contribution in [-0.2, 0) is 18.4 Å². The third kappa shape index (κ3) is 3.94. The minimum Gasteiger partial charge on any atom is -0.497 e. The fourth-order valence-corrected chi connectivity index (χ4v) is 3.79. The fourth-order valence-electron chi connectivity index (χ4n) is 3.79. The minimum atomic E-state index is -0.716. The maximum atomic E-state index is 13.4. The van der Waals surface area contributed by atoms with Crippen molar-refractivity contribution in [2.45, 2.75) is 13.5 Å². The molecular formula is C24H23FN4O5. The van der Waals surface area contributed by atoms with Gasteiger partial charge in [-0.3, -0.25) is 14.2 Å². The molecule has 0 aliphatic rings. The largest absolute Gasteiger partial charge is 0.497 e. The Hall–Kier alpha value is -4.34. The fraction of sp³-hybridized carbons (Fsp3) is 0.208. The highest BCUT2D eigenvalue weighted by Crippen LogP contribution is 2.29. The Morgan fingerprint density at radius 1 is 1.03 bits per heavy atom. The normalized spacial score (nSPS) is 11.0. The van der Waals surface area contributed by atoms with Crippen LogP contribution < -0.4 is 26.0 Å². The molecule has 0 saturated heterocycles. The van der Waals surface area contributed by atoms with E-state index in [1.54, 1.807) is 42.8 Å². The van der Waals surface area contributed by atoms with E-state index in [0.29, 0.717) is 22.7 Å². The first-order valence-corrected chi connectivity index (χ1v) is 10.3. The first-order chi connectivity index (χ1) is 16.2. The average molecular weight is 466 g/mol. The Labute approximate surface area is 193 Å². The highest BCUT2D eigenvalue weighted by Gasteiger charge is 2.20. The molecule has 0 fully saturated rings. The summed E-state index contributed by atoms with van der Waals surface area (Å²) in [6.45, 7) is 1.42. The van der Waals surface area contributed by atoms with Gasteiger partial charge in [0.25, 0.3) is 5.56 Å². The lowest BCUT2D eigenvalue weighted by molar-refractivity contribution is -0.116. The number of aromatic nitrogens is 3. The van der Waals surface area contributed by atoms with Gasteiger partial charge in [0.15, 0.2) is 0 Å². The van der Waals surface area contributed by atoms with Gasteiger partial charge < -0.3 is 19.4 Å². The molecule has 34 heavy (non-hydrogen) atoms. The lowest BCUT2D eigenvalue weighted by Gasteiger charge is -2.14. The van der Waals surface area contributed by atoms with Gasteiger partial charge in [0.1, 0.15) is 29.4 Å². The molecule has 1 amide bonds. The van der Waals surface area contributed by atoms with Crippen molar-refractivity contribution in [1.82, 2.24) is 13.7 Å². The number of fused-ring (bicyclic) bond motifs is 1. The number of nitrogens with one attached hydrogen (secondary N) is 1. The van der Waals surface area contributed by atoms with E-state index >= 15 is 0 Å². The predicted molar refractivity (Wildman–Crippen MR) is 126 cm³/mol. The van der Waals surface area contributed by atoms with Crippen molar-refractivity contribution in [3.05, 3.63) is 80.9 Å². The summed E-state index contributed by atoms with van der Waals surface area (Å²) in [5, 5.41) is 2.73. The second kappa shape index (κ2) is 8.89. The number of ether oxygens (including phenoxy) is 2. The number of anilines is 1. The minimum absolute atomic E-state index is 0.197. The van der Waals surface area contributed by atoms with Crippen LogP contribution in [-0.4, -0.2) is 33.8 Å². The standard InChI is InChI=1S/C24H23FN4O5/c1-14-11-19-22(27(14)2)23(31)29(16-7-5-15(25)6-8-16)24(32)28(19)13-21(30)26-18-10-9-17(33-3)12-20(18)34-4/h5-12H,13H2,1-4H3,(H,26,30). The number of halogens is 1. The molecule has 0 atom stereocenters. The summed E-state index contributed by atoms with van der Waals surface area (Å²) in [5.74, 6) is -0.0608. The number of carbonyl (C=O) groups excluding carboxylic acids is 1. The smallest absolute Gasteiger partial charge is 0.336 e. The Bertz CT molecular complexity index is 1520. The van der Waals surface area contributed by atoms with Crippen molar-refractivity contribution in [3.8, 4) is 17.2 Å². The van der Waals surface area contributed by atoms with Gasteiger partial charge in [-0.15, -0.1) is 0 Å². The van der Waals surface area contributed by atoms with Crippen molar-refractivity contribution >= 4 is 22.6 Å². The molecule has 2 aromatic carbocycles. The number of hydrogen-bond donors (Lipinski definition) is 1. The number of amides is 1. The summed E-state index contributed by atoms with van der Waals surface area (Å²) in [6, 6.07) is 11.6. The predicted octanol–water partition coefficient (Wildman–Crippen LogP) is 2.59.